The monoisotopic (exact) mass is 516 g/mol. The highest BCUT2D eigenvalue weighted by Gasteiger charge is 2.46. The number of aromatic amines is 1. The third-order valence-corrected chi connectivity index (χ3v) is 7.81. The van der Waals surface area contributed by atoms with Crippen LogP contribution >= 0.6 is 35.1 Å². The third kappa shape index (κ3) is 6.65. The summed E-state index contributed by atoms with van der Waals surface area (Å²) < 4.78 is 51.2. The number of ether oxygens (including phenoxy) is 1. The van der Waals surface area contributed by atoms with Gasteiger partial charge in [0, 0.05) is 11.8 Å². The van der Waals surface area contributed by atoms with Gasteiger partial charge < -0.3 is 29.4 Å². The van der Waals surface area contributed by atoms with E-state index in [1.165, 1.54) is 6.92 Å². The first-order valence-electron chi connectivity index (χ1n) is 7.59. The van der Waals surface area contributed by atoms with Crippen molar-refractivity contribution in [3.05, 3.63) is 32.6 Å². The van der Waals surface area contributed by atoms with Crippen molar-refractivity contribution in [1.29, 1.82) is 0 Å². The molecule has 1 saturated heterocycles. The van der Waals surface area contributed by atoms with Gasteiger partial charge in [-0.05, 0) is 6.92 Å². The normalized spacial score (nSPS) is 28.8. The maximum atomic E-state index is 11.9. The van der Waals surface area contributed by atoms with Crippen LogP contribution in [0.25, 0.3) is 0 Å². The lowest BCUT2D eigenvalue weighted by Crippen LogP contribution is -2.36. The molecular weight excluding hydrogens is 500 g/mol. The quantitative estimate of drug-likeness (QED) is 0.180. The summed E-state index contributed by atoms with van der Waals surface area (Å²) in [5.74, 6) is 0. The fourth-order valence-electron chi connectivity index (χ4n) is 2.31. The average molecular weight is 517 g/mol. The number of halogens is 1. The van der Waals surface area contributed by atoms with E-state index in [-0.39, 0.29) is 5.56 Å². The number of aryl methyl sites for hydroxylation is 1. The van der Waals surface area contributed by atoms with Crippen LogP contribution in [-0.2, 0) is 31.6 Å². The first-order chi connectivity index (χ1) is 13.5. The van der Waals surface area contributed by atoms with Gasteiger partial charge in [-0.15, -0.1) is 11.6 Å². The fraction of sp³-hybridized carbons (Fsp3) is 0.600. The molecule has 1 aliphatic rings. The third-order valence-electron chi connectivity index (χ3n) is 3.53. The topological polar surface area (TPSA) is 244 Å². The minimum absolute atomic E-state index is 0.119. The van der Waals surface area contributed by atoms with Crippen LogP contribution in [0.3, 0.4) is 0 Å². The summed E-state index contributed by atoms with van der Waals surface area (Å²) in [6.45, 7) is 0.415. The number of nitrogens with one attached hydrogen (secondary N) is 1. The standard InChI is InChI=1S/C10H16ClN2O14P3/c1-4-2-13(10(16)12-8(4)15)9-6(11)7(14)5(25-9)3-24-29(20,21)27-30(22,23)26-28(17,18)19/h2,5-7,9,14H,3H2,1H3,(H,20,21)(H,22,23)(H,12,15,16)(H2,17,18,19)/t5-,6?,7+,9-/m0/s1. The molecule has 6 atom stereocenters. The van der Waals surface area contributed by atoms with Crippen LogP contribution in [-0.4, -0.2) is 58.4 Å². The number of aromatic nitrogens is 2. The summed E-state index contributed by atoms with van der Waals surface area (Å²) in [7, 11) is -16.7. The minimum atomic E-state index is -5.71. The van der Waals surface area contributed by atoms with Crippen LogP contribution in [0.2, 0.25) is 0 Å². The highest BCUT2D eigenvalue weighted by molar-refractivity contribution is 7.66. The average Bonchev–Trinajstić information content (AvgIpc) is 2.81. The second kappa shape index (κ2) is 9.04. The number of nitrogens with zero attached hydrogens (tertiary/aromatic N) is 1. The number of aliphatic hydroxyl groups excluding tert-OH is 1. The molecule has 16 nitrogen and oxygen atoms in total. The Kier molecular flexibility index (Phi) is 7.70. The summed E-state index contributed by atoms with van der Waals surface area (Å²) in [5, 5.41) is 8.83. The lowest BCUT2D eigenvalue weighted by molar-refractivity contribution is -0.0449. The predicted octanol–water partition coefficient (Wildman–Crippen LogP) is -0.946. The molecule has 30 heavy (non-hydrogen) atoms. The zero-order valence-electron chi connectivity index (χ0n) is 14.7. The summed E-state index contributed by atoms with van der Waals surface area (Å²) in [4.78, 5) is 60.8. The molecule has 3 unspecified atom stereocenters. The number of rotatable bonds is 8. The van der Waals surface area contributed by atoms with Crippen LogP contribution in [0, 0.1) is 6.92 Å². The van der Waals surface area contributed by atoms with E-state index >= 15 is 0 Å². The largest absolute Gasteiger partial charge is 0.490 e. The molecule has 6 N–H and O–H groups in total. The molecule has 0 spiro atoms. The SMILES string of the molecule is Cc1cn([C@H]2O[C@@H](COP(=O)(O)OP(=O)(O)OP(=O)(O)O)[C@@H](O)C2Cl)c(=O)[nH]c1=O. The Labute approximate surface area is 171 Å². The van der Waals surface area contributed by atoms with Gasteiger partial charge in [-0.2, -0.15) is 8.62 Å². The highest BCUT2D eigenvalue weighted by atomic mass is 35.5. The maximum absolute atomic E-state index is 11.9. The Morgan fingerprint density at radius 1 is 1.17 bits per heavy atom. The first kappa shape index (κ1) is 25.6. The van der Waals surface area contributed by atoms with Gasteiger partial charge in [-0.25, -0.2) is 18.5 Å². The van der Waals surface area contributed by atoms with E-state index < -0.39 is 65.1 Å². The molecule has 1 aromatic heterocycles. The van der Waals surface area contributed by atoms with Crippen molar-refractivity contribution in [1.82, 2.24) is 9.55 Å². The van der Waals surface area contributed by atoms with Crippen LogP contribution < -0.4 is 11.2 Å². The Morgan fingerprint density at radius 2 is 1.77 bits per heavy atom. The van der Waals surface area contributed by atoms with E-state index in [0.717, 1.165) is 10.8 Å². The Bertz CT molecular complexity index is 1050. The molecule has 2 heterocycles. The van der Waals surface area contributed by atoms with E-state index in [4.69, 9.17) is 31.0 Å². The highest BCUT2D eigenvalue weighted by Crippen LogP contribution is 2.66. The van der Waals surface area contributed by atoms with Crippen molar-refractivity contribution in [3.8, 4) is 0 Å². The van der Waals surface area contributed by atoms with E-state index in [1.807, 2.05) is 4.98 Å². The zero-order chi connectivity index (χ0) is 23.1. The van der Waals surface area contributed by atoms with Gasteiger partial charge in [-0.3, -0.25) is 18.9 Å². The molecule has 0 aliphatic carbocycles. The van der Waals surface area contributed by atoms with Gasteiger partial charge in [0.1, 0.15) is 17.6 Å². The Balaban J connectivity index is 2.09. The molecular formula is C10H16ClN2O14P3. The molecule has 0 bridgehead atoms. The molecule has 1 aromatic rings. The molecule has 0 radical (unpaired) electrons. The molecule has 172 valence electrons. The fourth-order valence-corrected chi connectivity index (χ4v) is 5.68. The first-order valence-corrected chi connectivity index (χ1v) is 12.5. The van der Waals surface area contributed by atoms with Crippen LogP contribution in [0.1, 0.15) is 11.8 Å². The number of phosphoric ester groups is 1. The minimum Gasteiger partial charge on any atom is -0.389 e. The van der Waals surface area contributed by atoms with Crippen molar-refractivity contribution < 1.29 is 56.3 Å². The molecule has 0 aromatic carbocycles. The Morgan fingerprint density at radius 3 is 2.33 bits per heavy atom. The van der Waals surface area contributed by atoms with Crippen molar-refractivity contribution in [3.63, 3.8) is 0 Å². The second-order valence-electron chi connectivity index (χ2n) is 5.87. The summed E-state index contributed by atoms with van der Waals surface area (Å²) >= 11 is 6.01. The molecule has 0 saturated carbocycles. The van der Waals surface area contributed by atoms with E-state index in [9.17, 15) is 33.3 Å². The maximum Gasteiger partial charge on any atom is 0.490 e. The van der Waals surface area contributed by atoms with E-state index in [2.05, 4.69) is 13.1 Å². The number of hydrogen-bond donors (Lipinski definition) is 6. The molecule has 1 fully saturated rings. The predicted molar refractivity (Wildman–Crippen MR) is 95.4 cm³/mol. The second-order valence-corrected chi connectivity index (χ2v) is 10.8. The van der Waals surface area contributed by atoms with Gasteiger partial charge in [0.2, 0.25) is 0 Å². The summed E-state index contributed by atoms with van der Waals surface area (Å²) in [5.41, 5.74) is -1.46. The van der Waals surface area contributed by atoms with Crippen molar-refractivity contribution in [2.24, 2.45) is 0 Å². The number of phosphoric acid groups is 3. The van der Waals surface area contributed by atoms with Crippen LogP contribution in [0.4, 0.5) is 0 Å². The van der Waals surface area contributed by atoms with E-state index in [0.29, 0.717) is 0 Å². The summed E-state index contributed by atoms with van der Waals surface area (Å²) in [6.07, 6.45) is -3.26. The van der Waals surface area contributed by atoms with Crippen molar-refractivity contribution in [2.75, 3.05) is 6.61 Å². The number of aliphatic hydroxyl groups is 1. The number of H-pyrrole nitrogens is 1. The summed E-state index contributed by atoms with van der Waals surface area (Å²) in [6, 6.07) is 0. The van der Waals surface area contributed by atoms with Gasteiger partial charge >= 0.3 is 29.2 Å². The Hall–Kier alpha value is -0.700. The van der Waals surface area contributed by atoms with Gasteiger partial charge in [-0.1, -0.05) is 0 Å². The lowest BCUT2D eigenvalue weighted by Gasteiger charge is -2.19. The van der Waals surface area contributed by atoms with E-state index in [1.54, 1.807) is 0 Å². The molecule has 2 rings (SSSR count). The molecule has 0 amide bonds. The van der Waals surface area contributed by atoms with Crippen molar-refractivity contribution in [2.45, 2.75) is 30.7 Å². The molecule has 1 aliphatic heterocycles. The van der Waals surface area contributed by atoms with Gasteiger partial charge in [0.15, 0.2) is 6.23 Å². The lowest BCUT2D eigenvalue weighted by atomic mass is 10.2. The van der Waals surface area contributed by atoms with Crippen LogP contribution in [0.5, 0.6) is 0 Å². The molecule has 20 heteroatoms. The smallest absolute Gasteiger partial charge is 0.389 e. The van der Waals surface area contributed by atoms with Crippen LogP contribution in [0.15, 0.2) is 15.8 Å². The number of hydrogen-bond acceptors (Lipinski definition) is 10. The zero-order valence-corrected chi connectivity index (χ0v) is 18.1. The number of alkyl halides is 1. The van der Waals surface area contributed by atoms with Gasteiger partial charge in [0.05, 0.1) is 6.61 Å². The van der Waals surface area contributed by atoms with Gasteiger partial charge in [0.25, 0.3) is 5.56 Å². The van der Waals surface area contributed by atoms with Crippen molar-refractivity contribution >= 4 is 35.1 Å².